The fourth-order valence-electron chi connectivity index (χ4n) is 0.682. The van der Waals surface area contributed by atoms with Crippen LogP contribution < -0.4 is 5.73 Å². The molecule has 0 spiro atoms. The molecule has 0 heterocycles. The molecule has 1 amide bonds. The third-order valence-corrected chi connectivity index (χ3v) is 1.17. The van der Waals surface area contributed by atoms with Crippen molar-refractivity contribution in [3.63, 3.8) is 0 Å². The van der Waals surface area contributed by atoms with Crippen molar-refractivity contribution in [3.05, 3.63) is 29.8 Å². The third kappa shape index (κ3) is 5.28. The van der Waals surface area contributed by atoms with Crippen LogP contribution in [0, 0.1) is 0 Å². The lowest BCUT2D eigenvalue weighted by Crippen LogP contribution is -2.10. The largest absolute Gasteiger partial charge is 0.507 e. The first-order chi connectivity index (χ1) is 4.72. The van der Waals surface area contributed by atoms with Crippen LogP contribution in [0.15, 0.2) is 24.3 Å². The molecule has 0 bridgehead atoms. The van der Waals surface area contributed by atoms with Gasteiger partial charge in [0.25, 0.3) is 5.91 Å². The smallest absolute Gasteiger partial charge is 0.252 e. The van der Waals surface area contributed by atoms with Crippen LogP contribution in [-0.2, 0) is 0 Å². The van der Waals surface area contributed by atoms with Crippen molar-refractivity contribution >= 4 is 56.9 Å². The summed E-state index contributed by atoms with van der Waals surface area (Å²) in [6, 6.07) is 6.15. The minimum atomic E-state index is -0.613. The zero-order chi connectivity index (χ0) is 7.56. The lowest BCUT2D eigenvalue weighted by Gasteiger charge is -1.96. The average molecular weight is 380 g/mol. The van der Waals surface area contributed by atoms with E-state index >= 15 is 0 Å². The van der Waals surface area contributed by atoms with E-state index in [1.165, 1.54) is 12.1 Å². The minimum absolute atomic E-state index is 0. The summed E-state index contributed by atoms with van der Waals surface area (Å²) in [4.78, 5) is 10.5. The summed E-state index contributed by atoms with van der Waals surface area (Å²) in [6.07, 6.45) is 0. The quantitative estimate of drug-likeness (QED) is 0.786. The molecule has 0 saturated carbocycles. The molecule has 0 aliphatic rings. The first-order valence-corrected chi connectivity index (χ1v) is 2.79. The summed E-state index contributed by atoms with van der Waals surface area (Å²) < 4.78 is 0. The van der Waals surface area contributed by atoms with Gasteiger partial charge in [-0.1, -0.05) is 12.1 Å². The first-order valence-electron chi connectivity index (χ1n) is 2.79. The summed E-state index contributed by atoms with van der Waals surface area (Å²) in [5, 5.41) is 8.98. The Hall–Kier alpha value is -0.0700. The zero-order valence-electron chi connectivity index (χ0n) is 6.47. The number of phenols is 1. The summed E-state index contributed by atoms with van der Waals surface area (Å²) in [6.45, 7) is 0. The topological polar surface area (TPSA) is 63.3 Å². The number of halogens is 3. The number of hydrogen-bond acceptors (Lipinski definition) is 2. The Kier molecular flexibility index (Phi) is 12.2. The molecule has 1 aromatic rings. The van der Waals surface area contributed by atoms with Crippen LogP contribution in [0.3, 0.4) is 0 Å². The van der Waals surface area contributed by atoms with Crippen LogP contribution in [0.2, 0.25) is 0 Å². The molecule has 1 aromatic carbocycles. The molecule has 0 aromatic heterocycles. The lowest BCUT2D eigenvalue weighted by atomic mass is 10.2. The maximum absolute atomic E-state index is 10.5. The predicted molar refractivity (Wildman–Crippen MR) is 67.6 cm³/mol. The van der Waals surface area contributed by atoms with Crippen molar-refractivity contribution < 1.29 is 9.90 Å². The van der Waals surface area contributed by atoms with Gasteiger partial charge in [0.05, 0.1) is 5.56 Å². The van der Waals surface area contributed by atoms with Crippen LogP contribution in [0.4, 0.5) is 0 Å². The van der Waals surface area contributed by atoms with E-state index < -0.39 is 5.91 Å². The number of carbonyl (C=O) groups excluding carboxylic acids is 1. The van der Waals surface area contributed by atoms with E-state index in [2.05, 4.69) is 0 Å². The Labute approximate surface area is 108 Å². The second-order valence-electron chi connectivity index (χ2n) is 1.88. The van der Waals surface area contributed by atoms with Crippen LogP contribution in [0.5, 0.6) is 5.75 Å². The highest BCUT2D eigenvalue weighted by Crippen LogP contribution is 2.13. The zero-order valence-corrected chi connectivity index (χ0v) is 11.6. The van der Waals surface area contributed by atoms with Crippen molar-refractivity contribution in [3.8, 4) is 5.75 Å². The molecule has 0 fully saturated rings. The van der Waals surface area contributed by atoms with Gasteiger partial charge in [0, 0.05) is 0 Å². The van der Waals surface area contributed by atoms with Gasteiger partial charge in [-0.15, -0.1) is 50.9 Å². The highest BCUT2D eigenvalue weighted by Gasteiger charge is 2.03. The Morgan fingerprint density at radius 1 is 1.15 bits per heavy atom. The van der Waals surface area contributed by atoms with E-state index in [0.717, 1.165) is 0 Å². The predicted octanol–water partition coefficient (Wildman–Crippen LogP) is 2.22. The Morgan fingerprint density at radius 2 is 1.62 bits per heavy atom. The normalized spacial score (nSPS) is 7.08. The number of hydrogen-bond donors (Lipinski definition) is 2. The van der Waals surface area contributed by atoms with Crippen LogP contribution in [0.25, 0.3) is 0 Å². The second-order valence-corrected chi connectivity index (χ2v) is 1.88. The van der Waals surface area contributed by atoms with Gasteiger partial charge in [0.15, 0.2) is 0 Å². The summed E-state index contributed by atoms with van der Waals surface area (Å²) in [5.41, 5.74) is 5.07. The molecule has 1 rings (SSSR count). The maximum atomic E-state index is 10.5. The van der Waals surface area contributed by atoms with Crippen LogP contribution in [-0.4, -0.2) is 11.0 Å². The summed E-state index contributed by atoms with van der Waals surface area (Å²) in [7, 11) is 0. The fraction of sp³-hybridized carbons (Fsp3) is 0. The molecule has 0 unspecified atom stereocenters. The van der Waals surface area contributed by atoms with Crippen molar-refractivity contribution in [2.45, 2.75) is 0 Å². The van der Waals surface area contributed by atoms with Gasteiger partial charge >= 0.3 is 0 Å². The Morgan fingerprint density at radius 3 is 1.92 bits per heavy atom. The SMILES string of the molecule is Br.Br.Br.NC(=O)c1ccccc1O. The van der Waals surface area contributed by atoms with Gasteiger partial charge in [0.2, 0.25) is 0 Å². The molecule has 0 aliphatic heterocycles. The molecule has 76 valence electrons. The van der Waals surface area contributed by atoms with Gasteiger partial charge < -0.3 is 10.8 Å². The van der Waals surface area contributed by atoms with Crippen molar-refractivity contribution in [1.29, 1.82) is 0 Å². The fourth-order valence-corrected chi connectivity index (χ4v) is 0.682. The van der Waals surface area contributed by atoms with Crippen molar-refractivity contribution in [2.24, 2.45) is 5.73 Å². The van der Waals surface area contributed by atoms with Crippen molar-refractivity contribution in [2.75, 3.05) is 0 Å². The molecule has 13 heavy (non-hydrogen) atoms. The standard InChI is InChI=1S/C7H7NO2.3BrH/c8-7(10)5-3-1-2-4-6(5)9;;;/h1-4,9H,(H2,8,10);3*1H. The molecular formula is C7H10Br3NO2. The number of aromatic hydroxyl groups is 1. The molecular weight excluding hydrogens is 370 g/mol. The molecule has 0 aliphatic carbocycles. The first kappa shape index (κ1) is 18.7. The minimum Gasteiger partial charge on any atom is -0.507 e. The number of benzene rings is 1. The van der Waals surface area contributed by atoms with E-state index in [1.807, 2.05) is 0 Å². The van der Waals surface area contributed by atoms with Crippen molar-refractivity contribution in [1.82, 2.24) is 0 Å². The van der Waals surface area contributed by atoms with E-state index in [1.54, 1.807) is 12.1 Å². The van der Waals surface area contributed by atoms with E-state index in [4.69, 9.17) is 10.8 Å². The van der Waals surface area contributed by atoms with Crippen LogP contribution >= 0.6 is 50.9 Å². The molecule has 3 nitrogen and oxygen atoms in total. The Balaban J connectivity index is -0.000000333. The molecule has 3 N–H and O–H groups in total. The number of carbonyl (C=O) groups is 1. The summed E-state index contributed by atoms with van der Waals surface area (Å²) in [5.74, 6) is -0.687. The molecule has 0 radical (unpaired) electrons. The average Bonchev–Trinajstić information content (AvgIpc) is 1.88. The van der Waals surface area contributed by atoms with Gasteiger partial charge in [-0.3, -0.25) is 4.79 Å². The summed E-state index contributed by atoms with van der Waals surface area (Å²) >= 11 is 0. The van der Waals surface area contributed by atoms with E-state index in [-0.39, 0.29) is 62.3 Å². The number of amides is 1. The number of nitrogens with two attached hydrogens (primary N) is 1. The Bertz CT molecular complexity index is 268. The number of rotatable bonds is 1. The molecule has 0 atom stereocenters. The van der Waals surface area contributed by atoms with Gasteiger partial charge in [0.1, 0.15) is 5.75 Å². The molecule has 6 heteroatoms. The lowest BCUT2D eigenvalue weighted by molar-refractivity contribution is 0.0998. The second kappa shape index (κ2) is 8.52. The van der Waals surface area contributed by atoms with Gasteiger partial charge in [-0.05, 0) is 12.1 Å². The van der Waals surface area contributed by atoms with Gasteiger partial charge in [-0.2, -0.15) is 0 Å². The molecule has 0 saturated heterocycles. The van der Waals surface area contributed by atoms with E-state index in [9.17, 15) is 4.79 Å². The third-order valence-electron chi connectivity index (χ3n) is 1.17. The number of para-hydroxylation sites is 1. The number of primary amides is 1. The highest BCUT2D eigenvalue weighted by atomic mass is 79.9. The van der Waals surface area contributed by atoms with E-state index in [0.29, 0.717) is 0 Å². The highest BCUT2D eigenvalue weighted by molar-refractivity contribution is 8.93. The monoisotopic (exact) mass is 377 g/mol. The van der Waals surface area contributed by atoms with Gasteiger partial charge in [-0.25, -0.2) is 0 Å². The maximum Gasteiger partial charge on any atom is 0.252 e. The van der Waals surface area contributed by atoms with Crippen LogP contribution in [0.1, 0.15) is 10.4 Å².